The Morgan fingerprint density at radius 1 is 1.58 bits per heavy atom. The van der Waals surface area contributed by atoms with Crippen molar-refractivity contribution in [3.63, 3.8) is 0 Å². The summed E-state index contributed by atoms with van der Waals surface area (Å²) in [5.41, 5.74) is 0.768. The molecule has 4 nitrogen and oxygen atoms in total. The minimum absolute atomic E-state index is 0.257. The van der Waals surface area contributed by atoms with E-state index in [0.717, 1.165) is 5.56 Å². The Bertz CT molecular complexity index is 268. The molecule has 0 radical (unpaired) electrons. The maximum Gasteiger partial charge on any atom is 0.220 e. The van der Waals surface area contributed by atoms with Crippen LogP contribution in [0.25, 0.3) is 0 Å². The van der Waals surface area contributed by atoms with Crippen LogP contribution >= 0.6 is 11.6 Å². The van der Waals surface area contributed by atoms with E-state index in [0.29, 0.717) is 11.0 Å². The van der Waals surface area contributed by atoms with Gasteiger partial charge in [0.1, 0.15) is 5.15 Å². The number of hydrogen-bond donors (Lipinski definition) is 1. The Morgan fingerprint density at radius 2 is 2.33 bits per heavy atom. The molecule has 0 unspecified atom stereocenters. The van der Waals surface area contributed by atoms with Gasteiger partial charge in [-0.3, -0.25) is 4.84 Å². The lowest BCUT2D eigenvalue weighted by atomic mass is 10.3. The Labute approximate surface area is 75.2 Å². The van der Waals surface area contributed by atoms with Gasteiger partial charge in [-0.1, -0.05) is 11.6 Å². The maximum atomic E-state index is 5.63. The molecule has 1 heterocycles. The van der Waals surface area contributed by atoms with Gasteiger partial charge in [0.15, 0.2) is 0 Å². The minimum Gasteiger partial charge on any atom is -0.481 e. The summed E-state index contributed by atoms with van der Waals surface area (Å²) in [6.45, 7) is 0.257. The van der Waals surface area contributed by atoms with Crippen molar-refractivity contribution in [3.05, 3.63) is 22.8 Å². The zero-order valence-electron chi connectivity index (χ0n) is 6.58. The SMILES string of the molecule is COc1nc(Cl)ccc1CON. The number of methoxy groups -OCH3 is 1. The van der Waals surface area contributed by atoms with Crippen LogP contribution in [-0.2, 0) is 11.4 Å². The fourth-order valence-corrected chi connectivity index (χ4v) is 0.963. The number of nitrogens with zero attached hydrogens (tertiary/aromatic N) is 1. The molecule has 0 fully saturated rings. The minimum atomic E-state index is 0.257. The van der Waals surface area contributed by atoms with Crippen LogP contribution in [-0.4, -0.2) is 12.1 Å². The summed E-state index contributed by atoms with van der Waals surface area (Å²) in [5.74, 6) is 5.34. The highest BCUT2D eigenvalue weighted by Gasteiger charge is 2.04. The third kappa shape index (κ3) is 2.07. The number of pyridine rings is 1. The smallest absolute Gasteiger partial charge is 0.220 e. The Hall–Kier alpha value is -0.840. The average Bonchev–Trinajstić information content (AvgIpc) is 2.08. The summed E-state index contributed by atoms with van der Waals surface area (Å²) in [5, 5.41) is 0.382. The van der Waals surface area contributed by atoms with Crippen LogP contribution in [0, 0.1) is 0 Å². The zero-order chi connectivity index (χ0) is 8.97. The molecule has 2 N–H and O–H groups in total. The molecule has 0 aromatic carbocycles. The number of rotatable bonds is 3. The van der Waals surface area contributed by atoms with E-state index in [1.165, 1.54) is 7.11 Å². The highest BCUT2D eigenvalue weighted by atomic mass is 35.5. The van der Waals surface area contributed by atoms with Crippen LogP contribution < -0.4 is 10.6 Å². The molecule has 0 aliphatic rings. The second-order valence-corrected chi connectivity index (χ2v) is 2.50. The topological polar surface area (TPSA) is 57.4 Å². The third-order valence-corrected chi connectivity index (χ3v) is 1.55. The lowest BCUT2D eigenvalue weighted by Gasteiger charge is -2.05. The average molecular weight is 189 g/mol. The summed E-state index contributed by atoms with van der Waals surface area (Å²) in [7, 11) is 1.51. The summed E-state index contributed by atoms with van der Waals surface area (Å²) in [6, 6.07) is 3.40. The molecule has 66 valence electrons. The van der Waals surface area contributed by atoms with Gasteiger partial charge in [0, 0.05) is 5.56 Å². The van der Waals surface area contributed by atoms with Gasteiger partial charge in [-0.2, -0.15) is 0 Å². The van der Waals surface area contributed by atoms with Gasteiger partial charge in [-0.15, -0.1) is 0 Å². The Kier molecular flexibility index (Phi) is 3.28. The second kappa shape index (κ2) is 4.25. The standard InChI is InChI=1S/C7H9ClN2O2/c1-11-7-5(4-12-9)2-3-6(8)10-7/h2-3H,4,9H2,1H3. The molecular formula is C7H9ClN2O2. The van der Waals surface area contributed by atoms with E-state index in [1.54, 1.807) is 12.1 Å². The van der Waals surface area contributed by atoms with Gasteiger partial charge < -0.3 is 4.74 Å². The van der Waals surface area contributed by atoms with E-state index in [4.69, 9.17) is 22.2 Å². The monoisotopic (exact) mass is 188 g/mol. The molecule has 12 heavy (non-hydrogen) atoms. The van der Waals surface area contributed by atoms with Crippen molar-refractivity contribution >= 4 is 11.6 Å². The summed E-state index contributed by atoms with van der Waals surface area (Å²) in [4.78, 5) is 8.37. The first-order valence-electron chi connectivity index (χ1n) is 3.29. The number of aromatic nitrogens is 1. The molecule has 0 bridgehead atoms. The lowest BCUT2D eigenvalue weighted by molar-refractivity contribution is 0.121. The van der Waals surface area contributed by atoms with Crippen LogP contribution in [0.4, 0.5) is 0 Å². The van der Waals surface area contributed by atoms with Crippen molar-refractivity contribution in [2.24, 2.45) is 5.90 Å². The zero-order valence-corrected chi connectivity index (χ0v) is 7.34. The molecule has 0 spiro atoms. The first-order valence-corrected chi connectivity index (χ1v) is 3.67. The second-order valence-electron chi connectivity index (χ2n) is 2.11. The molecule has 0 amide bonds. The van der Waals surface area contributed by atoms with Crippen molar-refractivity contribution in [1.82, 2.24) is 4.98 Å². The first-order chi connectivity index (χ1) is 5.77. The van der Waals surface area contributed by atoms with Crippen molar-refractivity contribution in [1.29, 1.82) is 0 Å². The van der Waals surface area contributed by atoms with Crippen LogP contribution in [0.5, 0.6) is 5.88 Å². The predicted molar refractivity (Wildman–Crippen MR) is 44.8 cm³/mol. The molecule has 0 aliphatic carbocycles. The molecule has 1 aromatic rings. The van der Waals surface area contributed by atoms with Gasteiger partial charge in [-0.05, 0) is 12.1 Å². The van der Waals surface area contributed by atoms with Gasteiger partial charge in [0.2, 0.25) is 5.88 Å². The number of hydrogen-bond acceptors (Lipinski definition) is 4. The van der Waals surface area contributed by atoms with Gasteiger partial charge in [0.25, 0.3) is 0 Å². The van der Waals surface area contributed by atoms with E-state index in [9.17, 15) is 0 Å². The van der Waals surface area contributed by atoms with Gasteiger partial charge >= 0.3 is 0 Å². The van der Waals surface area contributed by atoms with Crippen molar-refractivity contribution in [2.75, 3.05) is 7.11 Å². The van der Waals surface area contributed by atoms with Crippen LogP contribution in [0.1, 0.15) is 5.56 Å². The van der Waals surface area contributed by atoms with E-state index in [1.807, 2.05) is 0 Å². The molecule has 0 aliphatic heterocycles. The Morgan fingerprint density at radius 3 is 2.92 bits per heavy atom. The molecule has 1 rings (SSSR count). The third-order valence-electron chi connectivity index (χ3n) is 1.34. The maximum absolute atomic E-state index is 5.63. The molecular weight excluding hydrogens is 180 g/mol. The van der Waals surface area contributed by atoms with E-state index in [2.05, 4.69) is 9.82 Å². The quantitative estimate of drug-likeness (QED) is 0.571. The summed E-state index contributed by atoms with van der Waals surface area (Å²) >= 11 is 5.63. The number of halogens is 1. The van der Waals surface area contributed by atoms with Crippen molar-refractivity contribution in [3.8, 4) is 5.88 Å². The molecule has 0 saturated carbocycles. The summed E-state index contributed by atoms with van der Waals surface area (Å²) in [6.07, 6.45) is 0. The highest BCUT2D eigenvalue weighted by Crippen LogP contribution is 2.18. The van der Waals surface area contributed by atoms with E-state index in [-0.39, 0.29) is 6.61 Å². The van der Waals surface area contributed by atoms with Crippen molar-refractivity contribution < 1.29 is 9.57 Å². The van der Waals surface area contributed by atoms with Crippen LogP contribution in [0.2, 0.25) is 5.15 Å². The fraction of sp³-hybridized carbons (Fsp3) is 0.286. The molecule has 1 aromatic heterocycles. The predicted octanol–water partition coefficient (Wildman–Crippen LogP) is 1.13. The largest absolute Gasteiger partial charge is 0.481 e. The van der Waals surface area contributed by atoms with Gasteiger partial charge in [-0.25, -0.2) is 10.9 Å². The molecule has 0 saturated heterocycles. The Balaban J connectivity index is 2.94. The summed E-state index contributed by atoms with van der Waals surface area (Å²) < 4.78 is 4.95. The highest BCUT2D eigenvalue weighted by molar-refractivity contribution is 6.29. The molecule has 5 heteroatoms. The molecule has 0 atom stereocenters. The lowest BCUT2D eigenvalue weighted by Crippen LogP contribution is -2.02. The van der Waals surface area contributed by atoms with Crippen molar-refractivity contribution in [2.45, 2.75) is 6.61 Å². The fourth-order valence-electron chi connectivity index (χ4n) is 0.823. The number of ether oxygens (including phenoxy) is 1. The number of nitrogens with two attached hydrogens (primary N) is 1. The van der Waals surface area contributed by atoms with E-state index >= 15 is 0 Å². The van der Waals surface area contributed by atoms with E-state index < -0.39 is 0 Å². The van der Waals surface area contributed by atoms with Crippen LogP contribution in [0.3, 0.4) is 0 Å². The van der Waals surface area contributed by atoms with Gasteiger partial charge in [0.05, 0.1) is 13.7 Å². The normalized spacial score (nSPS) is 9.92. The van der Waals surface area contributed by atoms with Crippen LogP contribution in [0.15, 0.2) is 12.1 Å². The first kappa shape index (κ1) is 9.25.